The first-order valence-electron chi connectivity index (χ1n) is 4.22. The maximum atomic E-state index is 3.92. The molecule has 0 aromatic rings. The first-order valence-corrected chi connectivity index (χ1v) is 4.22. The zero-order chi connectivity index (χ0) is 9.14. The van der Waals surface area contributed by atoms with Crippen LogP contribution in [0.15, 0.2) is 15.5 Å². The van der Waals surface area contributed by atoms with Gasteiger partial charge in [-0.3, -0.25) is 0 Å². The van der Waals surface area contributed by atoms with Gasteiger partial charge in [-0.1, -0.05) is 10.2 Å². The van der Waals surface area contributed by atoms with Gasteiger partial charge in [-0.15, -0.1) is 5.01 Å². The lowest BCUT2D eigenvalue weighted by molar-refractivity contribution is -0.946. The molecule has 1 aliphatic heterocycles. The van der Waals surface area contributed by atoms with Crippen LogP contribution in [0, 0.1) is 0 Å². The molecule has 12 heavy (non-hydrogen) atoms. The molecule has 0 radical (unpaired) electrons. The molecule has 1 aliphatic rings. The number of quaternary nitrogens is 1. The van der Waals surface area contributed by atoms with Crippen molar-refractivity contribution in [3.05, 3.63) is 0 Å². The molecule has 1 rings (SSSR count). The second-order valence-corrected chi connectivity index (χ2v) is 3.39. The monoisotopic (exact) mass is 170 g/mol. The van der Waals surface area contributed by atoms with E-state index >= 15 is 0 Å². The van der Waals surface area contributed by atoms with Crippen molar-refractivity contribution < 1.29 is 5.12 Å². The Morgan fingerprint density at radius 3 is 2.08 bits per heavy atom. The van der Waals surface area contributed by atoms with E-state index in [2.05, 4.69) is 48.3 Å². The average Bonchev–Trinajstić information content (AvgIpc) is 2.37. The summed E-state index contributed by atoms with van der Waals surface area (Å²) in [6.45, 7) is 8.53. The maximum absolute atomic E-state index is 3.92. The molecule has 0 aromatic carbocycles. The fourth-order valence-corrected chi connectivity index (χ4v) is 1.42. The van der Waals surface area contributed by atoms with Crippen LogP contribution >= 0.6 is 0 Å². The zero-order valence-corrected chi connectivity index (χ0v) is 8.02. The summed E-state index contributed by atoms with van der Waals surface area (Å²) in [5.41, 5.74) is 0. The zero-order valence-electron chi connectivity index (χ0n) is 8.02. The summed E-state index contributed by atoms with van der Waals surface area (Å²) in [6, 6.07) is 0.868. The van der Waals surface area contributed by atoms with Crippen LogP contribution in [-0.2, 0) is 0 Å². The number of hydrogen-bond acceptors (Lipinski definition) is 4. The Kier molecular flexibility index (Phi) is 2.88. The predicted molar refractivity (Wildman–Crippen MR) is 46.4 cm³/mol. The number of nitrogens with zero attached hydrogens (tertiary/aromatic N) is 4. The second kappa shape index (κ2) is 3.73. The molecule has 1 unspecified atom stereocenters. The van der Waals surface area contributed by atoms with Gasteiger partial charge in [-0.25, -0.2) is 0 Å². The van der Waals surface area contributed by atoms with Gasteiger partial charge in [-0.2, -0.15) is 0 Å². The standard InChI is InChI=1S/C7H15N5/c1-6(2)12(7(3)4)11-5-8-9-10-11/h5-7H,1-4H3/p+1. The van der Waals surface area contributed by atoms with Gasteiger partial charge in [0.05, 0.1) is 17.3 Å². The third-order valence-corrected chi connectivity index (χ3v) is 1.75. The Labute approximate surface area is 72.7 Å². The molecule has 0 bridgehead atoms. The fraction of sp³-hybridized carbons (Fsp3) is 0.857. The van der Waals surface area contributed by atoms with Crippen LogP contribution < -0.4 is 5.12 Å². The van der Waals surface area contributed by atoms with Gasteiger partial charge in [-0.05, 0) is 27.7 Å². The summed E-state index contributed by atoms with van der Waals surface area (Å²) in [5.74, 6) is 0. The van der Waals surface area contributed by atoms with Crippen molar-refractivity contribution in [3.8, 4) is 0 Å². The van der Waals surface area contributed by atoms with Crippen molar-refractivity contribution in [2.45, 2.75) is 39.8 Å². The summed E-state index contributed by atoms with van der Waals surface area (Å²) >= 11 is 0. The van der Waals surface area contributed by atoms with Crippen LogP contribution in [0.4, 0.5) is 0 Å². The van der Waals surface area contributed by atoms with Crippen molar-refractivity contribution in [1.29, 1.82) is 0 Å². The minimum atomic E-state index is 0.434. The maximum Gasteiger partial charge on any atom is 0.258 e. The molecular weight excluding hydrogens is 154 g/mol. The van der Waals surface area contributed by atoms with E-state index in [1.54, 1.807) is 6.34 Å². The predicted octanol–water partition coefficient (Wildman–Crippen LogP) is 0.229. The lowest BCUT2D eigenvalue weighted by atomic mass is 10.3. The molecule has 0 spiro atoms. The number of hydrogen-bond donors (Lipinski definition) is 1. The number of rotatable bonds is 3. The van der Waals surface area contributed by atoms with E-state index < -0.39 is 0 Å². The summed E-state index contributed by atoms with van der Waals surface area (Å²) in [4.78, 5) is 0. The highest BCUT2D eigenvalue weighted by molar-refractivity contribution is 5.42. The average molecular weight is 170 g/mol. The Balaban J connectivity index is 2.65. The molecule has 0 aromatic heterocycles. The highest BCUT2D eigenvalue weighted by Crippen LogP contribution is 1.97. The van der Waals surface area contributed by atoms with Gasteiger partial charge in [0.2, 0.25) is 0 Å². The van der Waals surface area contributed by atoms with Gasteiger partial charge in [0, 0.05) is 5.22 Å². The Morgan fingerprint density at radius 1 is 1.17 bits per heavy atom. The summed E-state index contributed by atoms with van der Waals surface area (Å²) in [6.07, 6.45) is 1.69. The van der Waals surface area contributed by atoms with Gasteiger partial charge >= 0.3 is 0 Å². The SMILES string of the molecule is CC(C)N(C(C)C)[NH+]1C=NN=N1. The molecular formula is C7H16N5+. The van der Waals surface area contributed by atoms with E-state index in [1.807, 2.05) is 0 Å². The van der Waals surface area contributed by atoms with Crippen molar-refractivity contribution in [2.24, 2.45) is 15.5 Å². The first-order chi connectivity index (χ1) is 5.63. The number of nitrogens with one attached hydrogen (secondary N) is 1. The lowest BCUT2D eigenvalue weighted by Gasteiger charge is -2.27. The normalized spacial score (nSPS) is 22.1. The van der Waals surface area contributed by atoms with Gasteiger partial charge in [0.1, 0.15) is 0 Å². The quantitative estimate of drug-likeness (QED) is 0.647. The minimum absolute atomic E-state index is 0.434. The summed E-state index contributed by atoms with van der Waals surface area (Å²) in [7, 11) is 0. The highest BCUT2D eigenvalue weighted by atomic mass is 15.9. The van der Waals surface area contributed by atoms with Crippen molar-refractivity contribution in [3.63, 3.8) is 0 Å². The molecule has 1 N–H and O–H groups in total. The van der Waals surface area contributed by atoms with Crippen LogP contribution in [0.3, 0.4) is 0 Å². The van der Waals surface area contributed by atoms with Crippen LogP contribution in [0.25, 0.3) is 0 Å². The molecule has 1 atom stereocenters. The molecule has 0 saturated heterocycles. The topological polar surface area (TPSA) is 44.8 Å². The van der Waals surface area contributed by atoms with Gasteiger partial charge < -0.3 is 0 Å². The van der Waals surface area contributed by atoms with E-state index in [4.69, 9.17) is 0 Å². The van der Waals surface area contributed by atoms with Crippen LogP contribution in [0.2, 0.25) is 0 Å². The minimum Gasteiger partial charge on any atom is -0.118 e. The molecule has 5 heteroatoms. The molecule has 0 amide bonds. The summed E-state index contributed by atoms with van der Waals surface area (Å²) in [5, 5.41) is 14.2. The molecule has 1 heterocycles. The molecule has 0 saturated carbocycles. The van der Waals surface area contributed by atoms with Crippen molar-refractivity contribution >= 4 is 6.34 Å². The first kappa shape index (κ1) is 9.28. The smallest absolute Gasteiger partial charge is 0.118 e. The fourth-order valence-electron chi connectivity index (χ4n) is 1.42. The van der Waals surface area contributed by atoms with Gasteiger partial charge in [0.25, 0.3) is 6.34 Å². The van der Waals surface area contributed by atoms with E-state index in [1.165, 1.54) is 0 Å². The molecule has 5 nitrogen and oxygen atoms in total. The second-order valence-electron chi connectivity index (χ2n) is 3.39. The summed E-state index contributed by atoms with van der Waals surface area (Å²) < 4.78 is 0. The van der Waals surface area contributed by atoms with E-state index in [9.17, 15) is 0 Å². The van der Waals surface area contributed by atoms with Crippen LogP contribution in [-0.4, -0.2) is 23.4 Å². The largest absolute Gasteiger partial charge is 0.258 e. The Morgan fingerprint density at radius 2 is 1.75 bits per heavy atom. The van der Waals surface area contributed by atoms with Gasteiger partial charge in [0.15, 0.2) is 0 Å². The Bertz CT molecular complexity index is 176. The molecule has 0 aliphatic carbocycles. The van der Waals surface area contributed by atoms with Crippen LogP contribution in [0.1, 0.15) is 27.7 Å². The van der Waals surface area contributed by atoms with E-state index in [0.717, 1.165) is 5.12 Å². The van der Waals surface area contributed by atoms with E-state index in [-0.39, 0.29) is 0 Å². The Hall–Kier alpha value is -0.810. The highest BCUT2D eigenvalue weighted by Gasteiger charge is 2.26. The molecule has 68 valence electrons. The molecule has 0 fully saturated rings. The van der Waals surface area contributed by atoms with E-state index in [0.29, 0.717) is 12.1 Å². The van der Waals surface area contributed by atoms with Crippen molar-refractivity contribution in [2.75, 3.05) is 0 Å². The third kappa shape index (κ3) is 1.86. The van der Waals surface area contributed by atoms with Crippen molar-refractivity contribution in [1.82, 2.24) is 5.01 Å². The van der Waals surface area contributed by atoms with Crippen LogP contribution in [0.5, 0.6) is 0 Å². The third-order valence-electron chi connectivity index (χ3n) is 1.75. The lowest BCUT2D eigenvalue weighted by Crippen LogP contribution is -3.14.